The molecule has 0 bridgehead atoms. The summed E-state index contributed by atoms with van der Waals surface area (Å²) in [6.07, 6.45) is 0. The fourth-order valence-corrected chi connectivity index (χ4v) is 2.15. The first-order valence-electron chi connectivity index (χ1n) is 7.35. The van der Waals surface area contributed by atoms with E-state index in [0.29, 0.717) is 16.6 Å². The fourth-order valence-electron chi connectivity index (χ4n) is 1.85. The molecule has 1 rings (SSSR count). The molecule has 0 aliphatic rings. The fraction of sp³-hybridized carbons (Fsp3) is 0.438. The summed E-state index contributed by atoms with van der Waals surface area (Å²) in [4.78, 5) is 33.9. The monoisotopic (exact) mass is 373 g/mol. The normalized spacial score (nSPS) is 10.9. The Morgan fingerprint density at radius 1 is 0.958 bits per heavy atom. The van der Waals surface area contributed by atoms with Gasteiger partial charge in [0.2, 0.25) is 17.7 Å². The smallest absolute Gasteiger partial charge is 0.239 e. The van der Waals surface area contributed by atoms with E-state index in [-0.39, 0.29) is 30.3 Å². The Bertz CT molecular complexity index is 633. The van der Waals surface area contributed by atoms with Crippen LogP contribution in [0.1, 0.15) is 26.3 Å². The first kappa shape index (κ1) is 20.3. The van der Waals surface area contributed by atoms with E-state index in [0.717, 1.165) is 5.56 Å². The minimum atomic E-state index is -0.427. The maximum atomic E-state index is 11.8. The summed E-state index contributed by atoms with van der Waals surface area (Å²) in [5.41, 5.74) is 0.580. The molecule has 0 saturated carbocycles. The molecular formula is C16H21Cl2N3O3. The lowest BCUT2D eigenvalue weighted by molar-refractivity contribution is -0.127. The number of benzene rings is 1. The van der Waals surface area contributed by atoms with E-state index in [2.05, 4.69) is 16.0 Å². The Labute approximate surface area is 151 Å². The van der Waals surface area contributed by atoms with Crippen LogP contribution in [-0.4, -0.2) is 37.4 Å². The number of carbonyl (C=O) groups is 3. The maximum absolute atomic E-state index is 11.8. The molecule has 6 nitrogen and oxygen atoms in total. The van der Waals surface area contributed by atoms with Gasteiger partial charge in [-0.25, -0.2) is 0 Å². The molecule has 0 unspecified atom stereocenters. The molecule has 8 heteroatoms. The highest BCUT2D eigenvalue weighted by atomic mass is 35.5. The van der Waals surface area contributed by atoms with Gasteiger partial charge in [-0.05, 0) is 17.7 Å². The van der Waals surface area contributed by atoms with E-state index in [1.54, 1.807) is 12.1 Å². The van der Waals surface area contributed by atoms with Gasteiger partial charge >= 0.3 is 0 Å². The average molecular weight is 374 g/mol. The second-order valence-electron chi connectivity index (χ2n) is 5.98. The molecule has 0 spiro atoms. The number of amides is 3. The minimum Gasteiger partial charge on any atom is -0.354 e. The van der Waals surface area contributed by atoms with Crippen LogP contribution in [0.3, 0.4) is 0 Å². The first-order chi connectivity index (χ1) is 11.1. The molecule has 1 aromatic carbocycles. The Morgan fingerprint density at radius 2 is 1.54 bits per heavy atom. The zero-order valence-electron chi connectivity index (χ0n) is 13.8. The lowest BCUT2D eigenvalue weighted by Gasteiger charge is -2.26. The van der Waals surface area contributed by atoms with Crippen molar-refractivity contribution in [2.75, 3.05) is 19.6 Å². The van der Waals surface area contributed by atoms with Crippen molar-refractivity contribution < 1.29 is 14.4 Å². The molecular weight excluding hydrogens is 353 g/mol. The van der Waals surface area contributed by atoms with E-state index >= 15 is 0 Å². The predicted molar refractivity (Wildman–Crippen MR) is 94.2 cm³/mol. The van der Waals surface area contributed by atoms with Crippen molar-refractivity contribution >= 4 is 40.9 Å². The van der Waals surface area contributed by atoms with Gasteiger partial charge in [-0.3, -0.25) is 14.4 Å². The lowest BCUT2D eigenvalue weighted by Crippen LogP contribution is -2.44. The third-order valence-corrected chi connectivity index (χ3v) is 4.11. The van der Waals surface area contributed by atoms with Gasteiger partial charge in [-0.1, -0.05) is 43.1 Å². The second-order valence-corrected chi connectivity index (χ2v) is 6.79. The number of rotatable bonds is 7. The predicted octanol–water partition coefficient (Wildman–Crippen LogP) is 1.64. The number of hydrogen-bond acceptors (Lipinski definition) is 3. The van der Waals surface area contributed by atoms with Gasteiger partial charge in [-0.2, -0.15) is 0 Å². The quantitative estimate of drug-likeness (QED) is 0.678. The Hall–Kier alpha value is -1.79. The molecule has 132 valence electrons. The summed E-state index contributed by atoms with van der Waals surface area (Å²) in [5.74, 6) is -1.05. The highest BCUT2D eigenvalue weighted by Gasteiger charge is 2.22. The van der Waals surface area contributed by atoms with Crippen LogP contribution in [0.25, 0.3) is 0 Å². The molecule has 0 saturated heterocycles. The molecule has 0 aromatic heterocycles. The van der Waals surface area contributed by atoms with Crippen molar-refractivity contribution in [2.24, 2.45) is 0 Å². The summed E-state index contributed by atoms with van der Waals surface area (Å²) >= 11 is 11.9. The molecule has 3 amide bonds. The van der Waals surface area contributed by atoms with Crippen molar-refractivity contribution in [1.29, 1.82) is 0 Å². The molecule has 0 fully saturated rings. The van der Waals surface area contributed by atoms with Crippen LogP contribution in [0.15, 0.2) is 18.2 Å². The number of hydrogen-bond donors (Lipinski definition) is 3. The highest BCUT2D eigenvalue weighted by Crippen LogP contribution is 2.29. The van der Waals surface area contributed by atoms with Gasteiger partial charge < -0.3 is 16.0 Å². The Balaban J connectivity index is 2.46. The molecule has 0 aliphatic heterocycles. The maximum Gasteiger partial charge on any atom is 0.239 e. The van der Waals surface area contributed by atoms with Crippen LogP contribution in [-0.2, 0) is 19.8 Å². The number of nitrogens with one attached hydrogen (secondary N) is 3. The van der Waals surface area contributed by atoms with E-state index in [4.69, 9.17) is 23.2 Å². The molecule has 0 radical (unpaired) electrons. The third kappa shape index (κ3) is 6.76. The zero-order valence-corrected chi connectivity index (χ0v) is 15.3. The van der Waals surface area contributed by atoms with Crippen LogP contribution >= 0.6 is 23.2 Å². The average Bonchev–Trinajstić information content (AvgIpc) is 2.51. The molecule has 1 aromatic rings. The zero-order chi connectivity index (χ0) is 18.3. The molecule has 0 aliphatic carbocycles. The largest absolute Gasteiger partial charge is 0.354 e. The standard InChI is InChI=1S/C16H21Cl2N3O3/c1-10(22)19-7-14(23)20-8-15(24)21-9-16(2,3)11-4-5-12(17)13(18)6-11/h4-6H,7-9H2,1-3H3,(H,19,22)(H,20,23)(H,21,24). The van der Waals surface area contributed by atoms with Gasteiger partial charge in [-0.15, -0.1) is 0 Å². The summed E-state index contributed by atoms with van der Waals surface area (Å²) < 4.78 is 0. The van der Waals surface area contributed by atoms with E-state index in [1.807, 2.05) is 19.9 Å². The molecule has 0 atom stereocenters. The van der Waals surface area contributed by atoms with Crippen LogP contribution in [0, 0.1) is 0 Å². The summed E-state index contributed by atoms with van der Waals surface area (Å²) in [7, 11) is 0. The van der Waals surface area contributed by atoms with Gasteiger partial charge in [0.05, 0.1) is 23.1 Å². The van der Waals surface area contributed by atoms with Crippen LogP contribution in [0.2, 0.25) is 10.0 Å². The summed E-state index contributed by atoms with van der Waals surface area (Å²) in [5, 5.41) is 8.47. The topological polar surface area (TPSA) is 87.3 Å². The van der Waals surface area contributed by atoms with E-state index in [1.165, 1.54) is 6.92 Å². The van der Waals surface area contributed by atoms with Crippen molar-refractivity contribution in [2.45, 2.75) is 26.2 Å². The van der Waals surface area contributed by atoms with Gasteiger partial charge in [0, 0.05) is 18.9 Å². The van der Waals surface area contributed by atoms with Crippen LogP contribution < -0.4 is 16.0 Å². The van der Waals surface area contributed by atoms with Gasteiger partial charge in [0.25, 0.3) is 0 Å². The number of carbonyl (C=O) groups excluding carboxylic acids is 3. The third-order valence-electron chi connectivity index (χ3n) is 3.37. The van der Waals surface area contributed by atoms with E-state index in [9.17, 15) is 14.4 Å². The van der Waals surface area contributed by atoms with E-state index < -0.39 is 5.91 Å². The second kappa shape index (κ2) is 8.89. The SMILES string of the molecule is CC(=O)NCC(=O)NCC(=O)NCC(C)(C)c1ccc(Cl)c(Cl)c1. The number of halogens is 2. The minimum absolute atomic E-state index is 0.155. The van der Waals surface area contributed by atoms with Crippen LogP contribution in [0.4, 0.5) is 0 Å². The van der Waals surface area contributed by atoms with Crippen molar-refractivity contribution in [3.63, 3.8) is 0 Å². The van der Waals surface area contributed by atoms with Crippen molar-refractivity contribution in [3.8, 4) is 0 Å². The first-order valence-corrected chi connectivity index (χ1v) is 8.11. The van der Waals surface area contributed by atoms with Crippen molar-refractivity contribution in [3.05, 3.63) is 33.8 Å². The summed E-state index contributed by atoms with van der Waals surface area (Å²) in [6, 6.07) is 5.34. The van der Waals surface area contributed by atoms with Crippen molar-refractivity contribution in [1.82, 2.24) is 16.0 Å². The lowest BCUT2D eigenvalue weighted by atomic mass is 9.84. The van der Waals surface area contributed by atoms with Gasteiger partial charge in [0.1, 0.15) is 0 Å². The molecule has 0 heterocycles. The highest BCUT2D eigenvalue weighted by molar-refractivity contribution is 6.42. The molecule has 24 heavy (non-hydrogen) atoms. The molecule has 3 N–H and O–H groups in total. The summed E-state index contributed by atoms with van der Waals surface area (Å²) in [6.45, 7) is 5.29. The Morgan fingerprint density at radius 3 is 2.12 bits per heavy atom. The Kier molecular flexibility index (Phi) is 7.51. The van der Waals surface area contributed by atoms with Crippen LogP contribution in [0.5, 0.6) is 0 Å². The van der Waals surface area contributed by atoms with Gasteiger partial charge in [0.15, 0.2) is 0 Å².